The molecule has 1 aliphatic heterocycles. The number of carbonyl (C=O) groups excluding carboxylic acids is 2. The van der Waals surface area contributed by atoms with Gasteiger partial charge in [0.15, 0.2) is 6.04 Å². The second-order valence-corrected chi connectivity index (χ2v) is 4.30. The van der Waals surface area contributed by atoms with Gasteiger partial charge in [-0.15, -0.1) is 0 Å². The molecular weight excluding hydrogens is 238 g/mol. The van der Waals surface area contributed by atoms with Gasteiger partial charge >= 0.3 is 5.97 Å². The maximum Gasteiger partial charge on any atom is 0.330 e. The molecule has 2 unspecified atom stereocenters. The van der Waals surface area contributed by atoms with Gasteiger partial charge in [0, 0.05) is 13.5 Å². The third-order valence-corrected chi connectivity index (χ3v) is 2.73. The molecule has 6 nitrogen and oxygen atoms in total. The summed E-state index contributed by atoms with van der Waals surface area (Å²) in [6, 6.07) is -0.754. The van der Waals surface area contributed by atoms with Crippen molar-refractivity contribution in [3.8, 4) is 0 Å². The number of rotatable bonds is 6. The van der Waals surface area contributed by atoms with E-state index in [0.717, 1.165) is 25.9 Å². The van der Waals surface area contributed by atoms with Crippen molar-refractivity contribution in [2.75, 3.05) is 26.9 Å². The van der Waals surface area contributed by atoms with Gasteiger partial charge in [0.25, 0.3) is 0 Å². The molecule has 0 aromatic rings. The van der Waals surface area contributed by atoms with Gasteiger partial charge in [-0.3, -0.25) is 4.79 Å². The predicted octanol–water partition coefficient (Wildman–Crippen LogP) is 0.250. The van der Waals surface area contributed by atoms with E-state index in [1.165, 1.54) is 14.0 Å². The maximum atomic E-state index is 11.4. The van der Waals surface area contributed by atoms with E-state index in [-0.39, 0.29) is 18.6 Å². The van der Waals surface area contributed by atoms with Crippen molar-refractivity contribution in [1.29, 1.82) is 0 Å². The van der Waals surface area contributed by atoms with Crippen molar-refractivity contribution in [3.63, 3.8) is 0 Å². The molecule has 1 aliphatic rings. The van der Waals surface area contributed by atoms with E-state index in [1.54, 1.807) is 0 Å². The van der Waals surface area contributed by atoms with Crippen molar-refractivity contribution < 1.29 is 23.8 Å². The summed E-state index contributed by atoms with van der Waals surface area (Å²) >= 11 is 0. The fraction of sp³-hybridized carbons (Fsp3) is 0.833. The zero-order valence-electron chi connectivity index (χ0n) is 10.9. The Morgan fingerprint density at radius 1 is 1.44 bits per heavy atom. The molecule has 1 N–H and O–H groups in total. The third kappa shape index (κ3) is 5.46. The molecule has 18 heavy (non-hydrogen) atoms. The van der Waals surface area contributed by atoms with E-state index in [2.05, 4.69) is 10.1 Å². The van der Waals surface area contributed by atoms with Crippen LogP contribution in [0.5, 0.6) is 0 Å². The lowest BCUT2D eigenvalue weighted by atomic mass is 10.1. The Labute approximate surface area is 107 Å². The van der Waals surface area contributed by atoms with Crippen LogP contribution in [-0.4, -0.2) is 51.0 Å². The van der Waals surface area contributed by atoms with Gasteiger partial charge in [-0.25, -0.2) is 4.79 Å². The molecule has 0 aliphatic carbocycles. The molecule has 104 valence electrons. The second-order valence-electron chi connectivity index (χ2n) is 4.30. The lowest BCUT2D eigenvalue weighted by molar-refractivity contribution is -0.147. The molecule has 0 aromatic carbocycles. The molecular formula is C12H21NO5. The van der Waals surface area contributed by atoms with Gasteiger partial charge < -0.3 is 19.5 Å². The van der Waals surface area contributed by atoms with Crippen LogP contribution in [-0.2, 0) is 23.8 Å². The van der Waals surface area contributed by atoms with E-state index in [1.807, 2.05) is 0 Å². The Kier molecular flexibility index (Phi) is 6.67. The minimum absolute atomic E-state index is 0.0920. The van der Waals surface area contributed by atoms with Crippen LogP contribution in [0.3, 0.4) is 0 Å². The Hall–Kier alpha value is -1.14. The monoisotopic (exact) mass is 259 g/mol. The predicted molar refractivity (Wildman–Crippen MR) is 64.0 cm³/mol. The number of amides is 1. The summed E-state index contributed by atoms with van der Waals surface area (Å²) in [7, 11) is 1.28. The number of esters is 1. The molecule has 1 amide bonds. The molecule has 0 bridgehead atoms. The van der Waals surface area contributed by atoms with Gasteiger partial charge in [-0.05, 0) is 19.3 Å². The molecule has 2 atom stereocenters. The number of methoxy groups -OCH3 is 1. The Balaban J connectivity index is 2.27. The highest BCUT2D eigenvalue weighted by molar-refractivity contribution is 5.83. The fourth-order valence-electron chi connectivity index (χ4n) is 1.81. The van der Waals surface area contributed by atoms with Gasteiger partial charge in [0.2, 0.25) is 5.91 Å². The highest BCUT2D eigenvalue weighted by Gasteiger charge is 2.21. The van der Waals surface area contributed by atoms with Crippen LogP contribution in [0.4, 0.5) is 0 Å². The lowest BCUT2D eigenvalue weighted by Gasteiger charge is -2.23. The summed E-state index contributed by atoms with van der Waals surface area (Å²) in [6.45, 7) is 2.65. The first-order valence-corrected chi connectivity index (χ1v) is 6.17. The average molecular weight is 259 g/mol. The molecule has 0 saturated carbocycles. The summed E-state index contributed by atoms with van der Waals surface area (Å²) in [5, 5.41) is 2.49. The highest BCUT2D eigenvalue weighted by atomic mass is 16.5. The minimum Gasteiger partial charge on any atom is -0.467 e. The first-order chi connectivity index (χ1) is 8.63. The molecule has 0 aromatic heterocycles. The van der Waals surface area contributed by atoms with Crippen LogP contribution in [0.1, 0.15) is 26.2 Å². The van der Waals surface area contributed by atoms with Gasteiger partial charge in [-0.2, -0.15) is 0 Å². The normalized spacial score (nSPS) is 21.1. The first kappa shape index (κ1) is 14.9. The summed E-state index contributed by atoms with van der Waals surface area (Å²) in [5.41, 5.74) is 0. The minimum atomic E-state index is -0.754. The van der Waals surface area contributed by atoms with Crippen molar-refractivity contribution in [2.24, 2.45) is 0 Å². The van der Waals surface area contributed by atoms with Crippen molar-refractivity contribution in [2.45, 2.75) is 38.3 Å². The number of nitrogens with one attached hydrogen (secondary N) is 1. The molecule has 1 heterocycles. The molecule has 1 saturated heterocycles. The fourth-order valence-corrected chi connectivity index (χ4v) is 1.81. The van der Waals surface area contributed by atoms with Crippen LogP contribution < -0.4 is 5.32 Å². The number of hydrogen-bond acceptors (Lipinski definition) is 5. The summed E-state index contributed by atoms with van der Waals surface area (Å²) < 4.78 is 15.5. The van der Waals surface area contributed by atoms with Gasteiger partial charge in [0.1, 0.15) is 0 Å². The number of carbonyl (C=O) groups is 2. The largest absolute Gasteiger partial charge is 0.467 e. The quantitative estimate of drug-likeness (QED) is 0.692. The molecule has 1 fully saturated rings. The maximum absolute atomic E-state index is 11.4. The number of ether oxygens (including phenoxy) is 3. The van der Waals surface area contributed by atoms with E-state index in [9.17, 15) is 9.59 Å². The number of hydrogen-bond donors (Lipinski definition) is 1. The molecule has 1 rings (SSSR count). The van der Waals surface area contributed by atoms with E-state index in [0.29, 0.717) is 6.61 Å². The van der Waals surface area contributed by atoms with Gasteiger partial charge in [0.05, 0.1) is 26.4 Å². The third-order valence-electron chi connectivity index (χ3n) is 2.73. The van der Waals surface area contributed by atoms with Crippen molar-refractivity contribution in [3.05, 3.63) is 0 Å². The average Bonchev–Trinajstić information content (AvgIpc) is 2.37. The van der Waals surface area contributed by atoms with E-state index in [4.69, 9.17) is 9.47 Å². The van der Waals surface area contributed by atoms with Crippen LogP contribution in [0.15, 0.2) is 0 Å². The zero-order chi connectivity index (χ0) is 13.4. The molecule has 0 radical (unpaired) electrons. The SMILES string of the molecule is COC(=O)C(COCC1CCCCO1)NC(C)=O. The molecule has 0 spiro atoms. The smallest absolute Gasteiger partial charge is 0.330 e. The van der Waals surface area contributed by atoms with E-state index < -0.39 is 12.0 Å². The Morgan fingerprint density at radius 2 is 2.22 bits per heavy atom. The van der Waals surface area contributed by atoms with Crippen LogP contribution in [0.25, 0.3) is 0 Å². The zero-order valence-corrected chi connectivity index (χ0v) is 10.9. The lowest BCUT2D eigenvalue weighted by Crippen LogP contribution is -2.44. The van der Waals surface area contributed by atoms with Crippen molar-refractivity contribution in [1.82, 2.24) is 5.32 Å². The van der Waals surface area contributed by atoms with Gasteiger partial charge in [-0.1, -0.05) is 0 Å². The van der Waals surface area contributed by atoms with Crippen LogP contribution in [0, 0.1) is 0 Å². The molecule has 6 heteroatoms. The second kappa shape index (κ2) is 8.05. The summed E-state index contributed by atoms with van der Waals surface area (Å²) in [5.74, 6) is -0.794. The highest BCUT2D eigenvalue weighted by Crippen LogP contribution is 2.12. The van der Waals surface area contributed by atoms with Crippen LogP contribution in [0.2, 0.25) is 0 Å². The Bertz CT molecular complexity index is 276. The first-order valence-electron chi connectivity index (χ1n) is 6.17. The van der Waals surface area contributed by atoms with Crippen LogP contribution >= 0.6 is 0 Å². The van der Waals surface area contributed by atoms with E-state index >= 15 is 0 Å². The Morgan fingerprint density at radius 3 is 2.78 bits per heavy atom. The van der Waals surface area contributed by atoms with Crippen molar-refractivity contribution >= 4 is 11.9 Å². The summed E-state index contributed by atoms with van der Waals surface area (Å²) in [6.07, 6.45) is 3.30. The topological polar surface area (TPSA) is 73.9 Å². The standard InChI is InChI=1S/C12H21NO5/c1-9(14)13-11(12(15)16-2)8-17-7-10-5-3-4-6-18-10/h10-11H,3-8H2,1-2H3,(H,13,14). The summed E-state index contributed by atoms with van der Waals surface area (Å²) in [4.78, 5) is 22.3.